The van der Waals surface area contributed by atoms with Gasteiger partial charge in [0.1, 0.15) is 11.6 Å². The number of hydrogen-bond acceptors (Lipinski definition) is 3. The molecule has 2 aromatic rings. The summed E-state index contributed by atoms with van der Waals surface area (Å²) in [6.45, 7) is 3.44. The average molecular weight is 343 g/mol. The van der Waals surface area contributed by atoms with E-state index in [1.165, 1.54) is 12.1 Å². The van der Waals surface area contributed by atoms with Gasteiger partial charge in [0.2, 0.25) is 5.91 Å². The summed E-state index contributed by atoms with van der Waals surface area (Å²) in [7, 11) is 0. The zero-order valence-corrected chi connectivity index (χ0v) is 14.4. The highest BCUT2D eigenvalue weighted by Gasteiger charge is 2.30. The number of aromatic amines is 1. The maximum atomic E-state index is 13.2. The van der Waals surface area contributed by atoms with Gasteiger partial charge in [-0.1, -0.05) is 18.6 Å². The molecule has 2 N–H and O–H groups in total. The maximum absolute atomic E-state index is 13.2. The number of aromatic nitrogens is 2. The van der Waals surface area contributed by atoms with Crippen molar-refractivity contribution in [3.8, 4) is 0 Å². The first kappa shape index (κ1) is 17.3. The van der Waals surface area contributed by atoms with Gasteiger partial charge in [0.25, 0.3) is 5.56 Å². The largest absolute Gasteiger partial charge is 0.349 e. The summed E-state index contributed by atoms with van der Waals surface area (Å²) in [6.07, 6.45) is 3.19. The molecule has 0 bridgehead atoms. The van der Waals surface area contributed by atoms with E-state index in [4.69, 9.17) is 0 Å². The van der Waals surface area contributed by atoms with Gasteiger partial charge >= 0.3 is 0 Å². The molecule has 1 atom stereocenters. The van der Waals surface area contributed by atoms with Gasteiger partial charge in [-0.05, 0) is 50.3 Å². The molecule has 0 radical (unpaired) electrons. The Morgan fingerprint density at radius 2 is 2.00 bits per heavy atom. The number of benzene rings is 1. The summed E-state index contributed by atoms with van der Waals surface area (Å²) in [4.78, 5) is 31.5. The molecule has 0 unspecified atom stereocenters. The Morgan fingerprint density at radius 3 is 2.56 bits per heavy atom. The molecule has 1 saturated carbocycles. The van der Waals surface area contributed by atoms with Crippen molar-refractivity contribution in [2.45, 2.75) is 45.6 Å². The van der Waals surface area contributed by atoms with Crippen LogP contribution in [0.2, 0.25) is 0 Å². The highest BCUT2D eigenvalue weighted by atomic mass is 19.1. The van der Waals surface area contributed by atoms with Crippen LogP contribution in [0.4, 0.5) is 4.39 Å². The molecule has 1 aromatic carbocycles. The van der Waals surface area contributed by atoms with E-state index in [0.29, 0.717) is 23.0 Å². The van der Waals surface area contributed by atoms with Gasteiger partial charge in [0.15, 0.2) is 0 Å². The highest BCUT2D eigenvalue weighted by molar-refractivity contribution is 5.79. The molecule has 1 aliphatic rings. The Kier molecular flexibility index (Phi) is 4.97. The third-order valence-electron chi connectivity index (χ3n) is 4.84. The lowest BCUT2D eigenvalue weighted by Crippen LogP contribution is -2.38. The van der Waals surface area contributed by atoms with Gasteiger partial charge < -0.3 is 10.3 Å². The highest BCUT2D eigenvalue weighted by Crippen LogP contribution is 2.37. The molecule has 0 saturated heterocycles. The average Bonchev–Trinajstić information content (AvgIpc) is 2.49. The van der Waals surface area contributed by atoms with E-state index in [1.54, 1.807) is 26.0 Å². The van der Waals surface area contributed by atoms with Crippen molar-refractivity contribution in [3.63, 3.8) is 0 Å². The van der Waals surface area contributed by atoms with Crippen LogP contribution in [0.25, 0.3) is 0 Å². The van der Waals surface area contributed by atoms with Gasteiger partial charge in [-0.25, -0.2) is 9.37 Å². The molecule has 1 heterocycles. The summed E-state index contributed by atoms with van der Waals surface area (Å²) in [5.41, 5.74) is 1.57. The summed E-state index contributed by atoms with van der Waals surface area (Å²) in [5.74, 6) is 0.367. The zero-order chi connectivity index (χ0) is 18.0. The smallest absolute Gasteiger partial charge is 0.254 e. The van der Waals surface area contributed by atoms with Crippen LogP contribution in [0.1, 0.15) is 47.9 Å². The lowest BCUT2D eigenvalue weighted by atomic mass is 9.77. The number of nitrogens with one attached hydrogen (secondary N) is 2. The van der Waals surface area contributed by atoms with Gasteiger partial charge in [0, 0.05) is 11.3 Å². The topological polar surface area (TPSA) is 74.8 Å². The van der Waals surface area contributed by atoms with E-state index in [-0.39, 0.29) is 29.7 Å². The predicted molar refractivity (Wildman–Crippen MR) is 92.7 cm³/mol. The van der Waals surface area contributed by atoms with Crippen molar-refractivity contribution in [3.05, 3.63) is 63.1 Å². The standard InChI is InChI=1S/C19H22FN3O2/c1-11-16(19(25)22-12(2)21-11)10-17(24)23-18(13-4-3-5-13)14-6-8-15(20)9-7-14/h6-9,13,18H,3-5,10H2,1-2H3,(H,23,24)(H,21,22,25)/t18-/m0/s1. The number of amides is 1. The van der Waals surface area contributed by atoms with Crippen molar-refractivity contribution >= 4 is 5.91 Å². The lowest BCUT2D eigenvalue weighted by molar-refractivity contribution is -0.121. The van der Waals surface area contributed by atoms with Crippen molar-refractivity contribution in [2.24, 2.45) is 5.92 Å². The molecular weight excluding hydrogens is 321 g/mol. The van der Waals surface area contributed by atoms with Crippen molar-refractivity contribution in [2.75, 3.05) is 0 Å². The number of hydrogen-bond donors (Lipinski definition) is 2. The Bertz CT molecular complexity index is 826. The zero-order valence-electron chi connectivity index (χ0n) is 14.4. The van der Waals surface area contributed by atoms with Crippen LogP contribution < -0.4 is 10.9 Å². The van der Waals surface area contributed by atoms with Gasteiger partial charge in [-0.15, -0.1) is 0 Å². The quantitative estimate of drug-likeness (QED) is 0.876. The molecule has 1 aliphatic carbocycles. The number of halogens is 1. The first-order chi connectivity index (χ1) is 11.9. The van der Waals surface area contributed by atoms with Gasteiger partial charge in [-0.2, -0.15) is 0 Å². The van der Waals surface area contributed by atoms with E-state index < -0.39 is 0 Å². The van der Waals surface area contributed by atoms with Crippen molar-refractivity contribution < 1.29 is 9.18 Å². The number of nitrogens with zero attached hydrogens (tertiary/aromatic N) is 1. The molecule has 3 rings (SSSR count). The molecule has 132 valence electrons. The minimum atomic E-state index is -0.296. The summed E-state index contributed by atoms with van der Waals surface area (Å²) >= 11 is 0. The third kappa shape index (κ3) is 3.95. The fourth-order valence-corrected chi connectivity index (χ4v) is 3.26. The summed E-state index contributed by atoms with van der Waals surface area (Å²) in [5, 5.41) is 3.03. The van der Waals surface area contributed by atoms with E-state index in [2.05, 4.69) is 15.3 Å². The second-order valence-corrected chi connectivity index (χ2v) is 6.68. The Hall–Kier alpha value is -2.50. The molecular formula is C19H22FN3O2. The van der Waals surface area contributed by atoms with Gasteiger partial charge in [0.05, 0.1) is 12.5 Å². The van der Waals surface area contributed by atoms with Crippen molar-refractivity contribution in [1.82, 2.24) is 15.3 Å². The van der Waals surface area contributed by atoms with Crippen LogP contribution in [0, 0.1) is 25.6 Å². The molecule has 1 amide bonds. The predicted octanol–water partition coefficient (Wildman–Crippen LogP) is 2.73. The first-order valence-corrected chi connectivity index (χ1v) is 8.55. The number of carbonyl (C=O) groups excluding carboxylic acids is 1. The summed E-state index contributed by atoms with van der Waals surface area (Å²) in [6, 6.07) is 6.09. The summed E-state index contributed by atoms with van der Waals surface area (Å²) < 4.78 is 13.2. The fraction of sp³-hybridized carbons (Fsp3) is 0.421. The molecule has 0 spiro atoms. The number of rotatable bonds is 5. The van der Waals surface area contributed by atoms with E-state index >= 15 is 0 Å². The molecule has 5 nitrogen and oxygen atoms in total. The lowest BCUT2D eigenvalue weighted by Gasteiger charge is -2.34. The molecule has 25 heavy (non-hydrogen) atoms. The third-order valence-corrected chi connectivity index (χ3v) is 4.84. The number of carbonyl (C=O) groups is 1. The number of H-pyrrole nitrogens is 1. The first-order valence-electron chi connectivity index (χ1n) is 8.55. The molecule has 6 heteroatoms. The Labute approximate surface area is 145 Å². The van der Waals surface area contributed by atoms with Crippen molar-refractivity contribution in [1.29, 1.82) is 0 Å². The normalized spacial score (nSPS) is 15.5. The number of aryl methyl sites for hydroxylation is 2. The van der Waals surface area contributed by atoms with Crippen LogP contribution in [-0.4, -0.2) is 15.9 Å². The monoisotopic (exact) mass is 343 g/mol. The van der Waals surface area contributed by atoms with Crippen LogP contribution in [0.15, 0.2) is 29.1 Å². The molecule has 0 aliphatic heterocycles. The van der Waals surface area contributed by atoms with Crippen LogP contribution >= 0.6 is 0 Å². The van der Waals surface area contributed by atoms with E-state index in [1.807, 2.05) is 0 Å². The Balaban J connectivity index is 1.77. The van der Waals surface area contributed by atoms with E-state index in [0.717, 1.165) is 24.8 Å². The molecule has 1 fully saturated rings. The minimum absolute atomic E-state index is 0.0150. The van der Waals surface area contributed by atoms with Crippen LogP contribution in [0.5, 0.6) is 0 Å². The fourth-order valence-electron chi connectivity index (χ4n) is 3.26. The molecule has 1 aromatic heterocycles. The SMILES string of the molecule is Cc1nc(C)c(CC(=O)N[C@H](c2ccc(F)cc2)C2CCC2)c(=O)[nH]1. The maximum Gasteiger partial charge on any atom is 0.254 e. The Morgan fingerprint density at radius 1 is 1.32 bits per heavy atom. The van der Waals surface area contributed by atoms with Crippen LogP contribution in [-0.2, 0) is 11.2 Å². The van der Waals surface area contributed by atoms with E-state index in [9.17, 15) is 14.0 Å². The second-order valence-electron chi connectivity index (χ2n) is 6.68. The minimum Gasteiger partial charge on any atom is -0.349 e. The van der Waals surface area contributed by atoms with Crippen LogP contribution in [0.3, 0.4) is 0 Å². The second kappa shape index (κ2) is 7.17. The van der Waals surface area contributed by atoms with Gasteiger partial charge in [-0.3, -0.25) is 9.59 Å².